The molecule has 1 aromatic rings. The Morgan fingerprint density at radius 1 is 1.14 bits per heavy atom. The number of hydrogen-bond donors (Lipinski definition) is 3. The summed E-state index contributed by atoms with van der Waals surface area (Å²) in [6, 6.07) is 8.28. The van der Waals surface area contributed by atoms with Crippen LogP contribution < -0.4 is 5.73 Å². The fourth-order valence-electron chi connectivity index (χ4n) is 6.27. The molecule has 2 heterocycles. The zero-order chi connectivity index (χ0) is 25.2. The number of rotatable bonds is 9. The average Bonchev–Trinajstić information content (AvgIpc) is 3.08. The third-order valence-corrected chi connectivity index (χ3v) is 8.24. The van der Waals surface area contributed by atoms with E-state index >= 15 is 0 Å². The first-order valence-corrected chi connectivity index (χ1v) is 12.8. The third-order valence-electron chi connectivity index (χ3n) is 8.24. The Morgan fingerprint density at radius 3 is 2.40 bits per heavy atom. The molecule has 0 radical (unpaired) electrons. The Bertz CT molecular complexity index is 890. The van der Waals surface area contributed by atoms with E-state index in [9.17, 15) is 28.6 Å². The van der Waals surface area contributed by atoms with Crippen LogP contribution in [0.3, 0.4) is 0 Å². The second kappa shape index (κ2) is 10.9. The normalized spacial score (nSPS) is 27.5. The largest absolute Gasteiger partial charge is 0.393 e. The van der Waals surface area contributed by atoms with Gasteiger partial charge in [0.2, 0.25) is 11.8 Å². The molecule has 3 atom stereocenters. The standard InChI is InChI=1S/C26H37F2N3O4/c27-26(28)8-6-17(7-9-26)15-30(25(35)23(33)16-32)10-11-31-21-4-5-22(31)14-20(13-21)18-2-1-3-19(12-18)24(29)34/h1-3,12,17,20-23,32-33H,4-11,13-16H2,(H2,29,34)/t20?,21?,22?,23-/m1/s1. The van der Waals surface area contributed by atoms with Crippen molar-refractivity contribution in [3.05, 3.63) is 35.4 Å². The van der Waals surface area contributed by atoms with Gasteiger partial charge < -0.3 is 20.8 Å². The van der Waals surface area contributed by atoms with Crippen LogP contribution in [0, 0.1) is 5.92 Å². The molecule has 2 bridgehead atoms. The topological polar surface area (TPSA) is 107 Å². The first-order chi connectivity index (χ1) is 16.7. The molecule has 2 unspecified atom stereocenters. The highest BCUT2D eigenvalue weighted by atomic mass is 19.3. The number of benzene rings is 1. The van der Waals surface area contributed by atoms with Crippen molar-refractivity contribution in [3.63, 3.8) is 0 Å². The molecule has 7 nitrogen and oxygen atoms in total. The molecule has 1 saturated carbocycles. The molecule has 1 aliphatic carbocycles. The van der Waals surface area contributed by atoms with Crippen LogP contribution in [0.2, 0.25) is 0 Å². The fourth-order valence-corrected chi connectivity index (χ4v) is 6.27. The van der Waals surface area contributed by atoms with E-state index in [2.05, 4.69) is 11.0 Å². The first-order valence-electron chi connectivity index (χ1n) is 12.8. The Labute approximate surface area is 205 Å². The van der Waals surface area contributed by atoms with Crippen molar-refractivity contribution >= 4 is 11.8 Å². The Morgan fingerprint density at radius 2 is 1.80 bits per heavy atom. The number of amides is 2. The molecule has 9 heteroatoms. The van der Waals surface area contributed by atoms with Crippen LogP contribution in [-0.2, 0) is 4.79 Å². The maximum atomic E-state index is 13.6. The Kier molecular flexibility index (Phi) is 8.08. The summed E-state index contributed by atoms with van der Waals surface area (Å²) >= 11 is 0. The lowest BCUT2D eigenvalue weighted by Crippen LogP contribution is -2.50. The molecule has 35 heavy (non-hydrogen) atoms. The lowest BCUT2D eigenvalue weighted by atomic mass is 9.84. The monoisotopic (exact) mass is 493 g/mol. The molecule has 4 N–H and O–H groups in total. The Hall–Kier alpha value is -2.10. The van der Waals surface area contributed by atoms with Crippen molar-refractivity contribution in [2.45, 2.75) is 81.4 Å². The van der Waals surface area contributed by atoms with Gasteiger partial charge in [0, 0.05) is 50.1 Å². The number of alkyl halides is 2. The van der Waals surface area contributed by atoms with E-state index in [-0.39, 0.29) is 18.8 Å². The minimum Gasteiger partial charge on any atom is -0.393 e. The first kappa shape index (κ1) is 26.0. The summed E-state index contributed by atoms with van der Waals surface area (Å²) in [7, 11) is 0. The van der Waals surface area contributed by atoms with E-state index in [1.807, 2.05) is 12.1 Å². The number of primary amides is 1. The number of carbonyl (C=O) groups excluding carboxylic acids is 2. The van der Waals surface area contributed by atoms with E-state index in [0.717, 1.165) is 31.2 Å². The van der Waals surface area contributed by atoms with Crippen molar-refractivity contribution in [2.24, 2.45) is 11.7 Å². The average molecular weight is 494 g/mol. The van der Waals surface area contributed by atoms with Crippen molar-refractivity contribution in [3.8, 4) is 0 Å². The summed E-state index contributed by atoms with van der Waals surface area (Å²) < 4.78 is 27.1. The van der Waals surface area contributed by atoms with E-state index in [1.54, 1.807) is 11.0 Å². The number of hydrogen-bond acceptors (Lipinski definition) is 5. The van der Waals surface area contributed by atoms with Gasteiger partial charge in [-0.15, -0.1) is 0 Å². The van der Waals surface area contributed by atoms with Gasteiger partial charge in [-0.2, -0.15) is 0 Å². The quantitative estimate of drug-likeness (QED) is 0.490. The number of piperidine rings is 1. The van der Waals surface area contributed by atoms with Crippen LogP contribution in [0.1, 0.15) is 73.2 Å². The fraction of sp³-hybridized carbons (Fsp3) is 0.692. The highest BCUT2D eigenvalue weighted by Crippen LogP contribution is 2.43. The highest BCUT2D eigenvalue weighted by molar-refractivity contribution is 5.92. The zero-order valence-corrected chi connectivity index (χ0v) is 20.1. The van der Waals surface area contributed by atoms with Crippen molar-refractivity contribution in [2.75, 3.05) is 26.2 Å². The molecule has 2 amide bonds. The van der Waals surface area contributed by atoms with Crippen LogP contribution >= 0.6 is 0 Å². The molecular formula is C26H37F2N3O4. The molecule has 4 rings (SSSR count). The van der Waals surface area contributed by atoms with Gasteiger partial charge in [-0.25, -0.2) is 8.78 Å². The predicted octanol–water partition coefficient (Wildman–Crippen LogP) is 2.50. The summed E-state index contributed by atoms with van der Waals surface area (Å²) in [5.41, 5.74) is 7.11. The molecule has 194 valence electrons. The SMILES string of the molecule is NC(=O)c1cccc(C2CC3CCC(C2)N3CCN(CC2CCC(F)(F)CC2)C(=O)[C@H](O)CO)c1. The van der Waals surface area contributed by atoms with E-state index in [1.165, 1.54) is 0 Å². The van der Waals surface area contributed by atoms with Crippen molar-refractivity contribution < 1.29 is 28.6 Å². The molecule has 0 aromatic heterocycles. The van der Waals surface area contributed by atoms with Crippen LogP contribution in [0.15, 0.2) is 24.3 Å². The minimum atomic E-state index is -2.63. The molecule has 1 aromatic carbocycles. The molecule has 2 aliphatic heterocycles. The molecule has 3 aliphatic rings. The van der Waals surface area contributed by atoms with Gasteiger partial charge in [0.05, 0.1) is 6.61 Å². The minimum absolute atomic E-state index is 0.0236. The van der Waals surface area contributed by atoms with E-state index in [4.69, 9.17) is 5.73 Å². The van der Waals surface area contributed by atoms with Gasteiger partial charge in [-0.1, -0.05) is 12.1 Å². The summed E-state index contributed by atoms with van der Waals surface area (Å²) in [4.78, 5) is 28.4. The Balaban J connectivity index is 1.38. The maximum absolute atomic E-state index is 13.6. The second-order valence-corrected chi connectivity index (χ2v) is 10.6. The molecule has 3 fully saturated rings. The number of nitrogens with two attached hydrogens (primary N) is 1. The third kappa shape index (κ3) is 6.19. The van der Waals surface area contributed by atoms with Gasteiger partial charge in [-0.3, -0.25) is 14.5 Å². The summed E-state index contributed by atoms with van der Waals surface area (Å²) in [5, 5.41) is 19.3. The lowest BCUT2D eigenvalue weighted by Gasteiger charge is -2.41. The van der Waals surface area contributed by atoms with Gasteiger partial charge in [0.15, 0.2) is 6.10 Å². The highest BCUT2D eigenvalue weighted by Gasteiger charge is 2.42. The summed E-state index contributed by atoms with van der Waals surface area (Å²) in [6.07, 6.45) is 2.95. The van der Waals surface area contributed by atoms with Gasteiger partial charge in [-0.05, 0) is 68.1 Å². The smallest absolute Gasteiger partial charge is 0.253 e. The second-order valence-electron chi connectivity index (χ2n) is 10.6. The van der Waals surface area contributed by atoms with Crippen molar-refractivity contribution in [1.82, 2.24) is 9.80 Å². The van der Waals surface area contributed by atoms with Crippen LogP contribution in [-0.4, -0.2) is 82.2 Å². The number of aliphatic hydroxyl groups is 2. The van der Waals surface area contributed by atoms with Crippen molar-refractivity contribution in [1.29, 1.82) is 0 Å². The number of halogens is 2. The van der Waals surface area contributed by atoms with E-state index < -0.39 is 30.4 Å². The number of carbonyl (C=O) groups is 2. The van der Waals surface area contributed by atoms with Gasteiger partial charge in [0.25, 0.3) is 5.91 Å². The molecular weight excluding hydrogens is 456 g/mol. The van der Waals surface area contributed by atoms with Crippen LogP contribution in [0.5, 0.6) is 0 Å². The van der Waals surface area contributed by atoms with Crippen LogP contribution in [0.25, 0.3) is 0 Å². The molecule has 0 spiro atoms. The van der Waals surface area contributed by atoms with Crippen LogP contribution in [0.4, 0.5) is 8.78 Å². The maximum Gasteiger partial charge on any atom is 0.253 e. The summed E-state index contributed by atoms with van der Waals surface area (Å²) in [6.45, 7) is 0.727. The van der Waals surface area contributed by atoms with E-state index in [0.29, 0.717) is 56.0 Å². The van der Waals surface area contributed by atoms with Gasteiger partial charge >= 0.3 is 0 Å². The number of fused-ring (bicyclic) bond motifs is 2. The predicted molar refractivity (Wildman–Crippen MR) is 127 cm³/mol. The molecule has 2 saturated heterocycles. The number of aliphatic hydroxyl groups excluding tert-OH is 2. The summed E-state index contributed by atoms with van der Waals surface area (Å²) in [5.74, 6) is -3.26. The lowest BCUT2D eigenvalue weighted by molar-refractivity contribution is -0.143. The van der Waals surface area contributed by atoms with Gasteiger partial charge in [0.1, 0.15) is 0 Å². The number of nitrogens with zero attached hydrogens (tertiary/aromatic N) is 2. The zero-order valence-electron chi connectivity index (χ0n) is 20.1.